The molecule has 25 heavy (non-hydrogen) atoms. The number of benzene rings is 1. The Kier molecular flexibility index (Phi) is 8.69. The molecule has 0 bridgehead atoms. The Balaban J connectivity index is 0.00000156. The molecule has 1 N–H and O–H groups in total. The Bertz CT molecular complexity index is 670. The summed E-state index contributed by atoms with van der Waals surface area (Å²) in [7, 11) is 1.95. The zero-order chi connectivity index (χ0) is 16.1. The van der Waals surface area contributed by atoms with Crippen molar-refractivity contribution in [3.63, 3.8) is 0 Å². The summed E-state index contributed by atoms with van der Waals surface area (Å²) in [6.45, 7) is 1.57. The Morgan fingerprint density at radius 2 is 1.96 bits per heavy atom. The van der Waals surface area contributed by atoms with Gasteiger partial charge in [-0.3, -0.25) is 9.78 Å². The van der Waals surface area contributed by atoms with Crippen LogP contribution in [0.2, 0.25) is 0 Å². The molecule has 1 fully saturated rings. The van der Waals surface area contributed by atoms with Gasteiger partial charge in [-0.1, -0.05) is 6.07 Å². The van der Waals surface area contributed by atoms with Crippen molar-refractivity contribution in [2.45, 2.75) is 18.9 Å². The maximum Gasteiger partial charge on any atom is 0.254 e. The Labute approximate surface area is 160 Å². The van der Waals surface area contributed by atoms with Gasteiger partial charge in [0.2, 0.25) is 0 Å². The molecule has 0 radical (unpaired) electrons. The highest BCUT2D eigenvalue weighted by atomic mass is 35.5. The normalized spacial score (nSPS) is 16.4. The Morgan fingerprint density at radius 3 is 2.68 bits per heavy atom. The van der Waals surface area contributed by atoms with Gasteiger partial charge in [0, 0.05) is 37.1 Å². The topological polar surface area (TPSA) is 54.5 Å². The molecule has 1 amide bonds. The number of hydrogen-bond donors (Lipinski definition) is 1. The number of likely N-dealkylation sites (tertiary alicyclic amines) is 1. The molecule has 7 heteroatoms. The van der Waals surface area contributed by atoms with Crippen molar-refractivity contribution in [3.05, 3.63) is 54.4 Å². The van der Waals surface area contributed by atoms with Crippen molar-refractivity contribution in [3.8, 4) is 11.5 Å². The number of amides is 1. The van der Waals surface area contributed by atoms with Gasteiger partial charge in [0.15, 0.2) is 0 Å². The zero-order valence-corrected chi connectivity index (χ0v) is 15.7. The van der Waals surface area contributed by atoms with Gasteiger partial charge in [-0.2, -0.15) is 0 Å². The van der Waals surface area contributed by atoms with Gasteiger partial charge in [0.1, 0.15) is 11.5 Å². The van der Waals surface area contributed by atoms with E-state index in [0.717, 1.165) is 25.9 Å². The summed E-state index contributed by atoms with van der Waals surface area (Å²) in [5.74, 6) is 1.42. The fraction of sp³-hybridized carbons (Fsp3) is 0.333. The standard InChI is InChI=1S/C18H21N3O2.2ClH/c1-19-15-5-3-11-21(13-15)18(22)14-4-2-6-17(12-14)23-16-7-9-20-10-8-16;;/h2,4,6-10,12,15,19H,3,5,11,13H2,1H3;2*1H. The number of piperidine rings is 1. The third-order valence-electron chi connectivity index (χ3n) is 4.08. The van der Waals surface area contributed by atoms with Gasteiger partial charge in [0.25, 0.3) is 5.91 Å². The van der Waals surface area contributed by atoms with Gasteiger partial charge < -0.3 is 15.0 Å². The number of hydrogen-bond acceptors (Lipinski definition) is 4. The lowest BCUT2D eigenvalue weighted by atomic mass is 10.0. The molecule has 1 aliphatic rings. The van der Waals surface area contributed by atoms with Crippen LogP contribution in [0.25, 0.3) is 0 Å². The van der Waals surface area contributed by atoms with E-state index < -0.39 is 0 Å². The highest BCUT2D eigenvalue weighted by Crippen LogP contribution is 2.22. The average molecular weight is 384 g/mol. The number of pyridine rings is 1. The minimum Gasteiger partial charge on any atom is -0.457 e. The van der Waals surface area contributed by atoms with Gasteiger partial charge >= 0.3 is 0 Å². The molecule has 3 rings (SSSR count). The first-order valence-corrected chi connectivity index (χ1v) is 7.91. The van der Waals surface area contributed by atoms with Crippen LogP contribution in [-0.2, 0) is 0 Å². The lowest BCUT2D eigenvalue weighted by Crippen LogP contribution is -2.46. The van der Waals surface area contributed by atoms with E-state index >= 15 is 0 Å². The van der Waals surface area contributed by atoms with E-state index in [1.165, 1.54) is 0 Å². The predicted molar refractivity (Wildman–Crippen MR) is 103 cm³/mol. The van der Waals surface area contributed by atoms with E-state index in [4.69, 9.17) is 4.74 Å². The number of aromatic nitrogens is 1. The van der Waals surface area contributed by atoms with Crippen LogP contribution in [0.3, 0.4) is 0 Å². The van der Waals surface area contributed by atoms with Gasteiger partial charge in [-0.15, -0.1) is 24.8 Å². The number of nitrogens with zero attached hydrogens (tertiary/aromatic N) is 2. The summed E-state index contributed by atoms with van der Waals surface area (Å²) < 4.78 is 5.78. The molecule has 1 aromatic heterocycles. The Morgan fingerprint density at radius 1 is 1.20 bits per heavy atom. The molecular formula is C18H23Cl2N3O2. The SMILES string of the molecule is CNC1CCCN(C(=O)c2cccc(Oc3ccncc3)c2)C1.Cl.Cl. The van der Waals surface area contributed by atoms with Crippen LogP contribution in [0.1, 0.15) is 23.2 Å². The quantitative estimate of drug-likeness (QED) is 0.876. The zero-order valence-electron chi connectivity index (χ0n) is 14.1. The smallest absolute Gasteiger partial charge is 0.254 e. The van der Waals surface area contributed by atoms with E-state index in [0.29, 0.717) is 23.1 Å². The molecule has 1 aliphatic heterocycles. The summed E-state index contributed by atoms with van der Waals surface area (Å²) in [5.41, 5.74) is 0.660. The van der Waals surface area contributed by atoms with E-state index in [9.17, 15) is 4.79 Å². The molecule has 1 unspecified atom stereocenters. The second kappa shape index (κ2) is 10.2. The number of carbonyl (C=O) groups excluding carboxylic acids is 1. The molecule has 2 aromatic rings. The third kappa shape index (κ3) is 5.59. The van der Waals surface area contributed by atoms with Gasteiger partial charge in [-0.25, -0.2) is 0 Å². The number of carbonyl (C=O) groups is 1. The molecule has 136 valence electrons. The lowest BCUT2D eigenvalue weighted by molar-refractivity contribution is 0.0698. The first-order chi connectivity index (χ1) is 11.3. The number of likely N-dealkylation sites (N-methyl/N-ethyl adjacent to an activating group) is 1. The molecule has 1 aromatic carbocycles. The van der Waals surface area contributed by atoms with Crippen molar-refractivity contribution in [2.75, 3.05) is 20.1 Å². The molecule has 0 saturated carbocycles. The lowest BCUT2D eigenvalue weighted by Gasteiger charge is -2.32. The van der Waals surface area contributed by atoms with Crippen LogP contribution in [0.4, 0.5) is 0 Å². The van der Waals surface area contributed by atoms with Crippen molar-refractivity contribution in [2.24, 2.45) is 0 Å². The summed E-state index contributed by atoms with van der Waals surface area (Å²) in [6, 6.07) is 11.3. The largest absolute Gasteiger partial charge is 0.457 e. The Hall–Kier alpha value is -1.82. The van der Waals surface area contributed by atoms with E-state index in [1.54, 1.807) is 30.6 Å². The maximum atomic E-state index is 12.7. The van der Waals surface area contributed by atoms with Crippen LogP contribution in [0.15, 0.2) is 48.8 Å². The molecule has 1 saturated heterocycles. The first-order valence-electron chi connectivity index (χ1n) is 7.91. The van der Waals surface area contributed by atoms with Crippen molar-refractivity contribution in [1.29, 1.82) is 0 Å². The summed E-state index contributed by atoms with van der Waals surface area (Å²) >= 11 is 0. The van der Waals surface area contributed by atoms with E-state index in [-0.39, 0.29) is 30.7 Å². The van der Waals surface area contributed by atoms with E-state index in [2.05, 4.69) is 10.3 Å². The highest BCUT2D eigenvalue weighted by Gasteiger charge is 2.23. The summed E-state index contributed by atoms with van der Waals surface area (Å²) in [4.78, 5) is 18.6. The van der Waals surface area contributed by atoms with Crippen LogP contribution in [-0.4, -0.2) is 42.0 Å². The molecular weight excluding hydrogens is 361 g/mol. The highest BCUT2D eigenvalue weighted by molar-refractivity contribution is 5.94. The number of ether oxygens (including phenoxy) is 1. The minimum atomic E-state index is 0. The number of halogens is 2. The van der Waals surface area contributed by atoms with E-state index in [1.807, 2.05) is 30.1 Å². The second-order valence-electron chi connectivity index (χ2n) is 5.69. The van der Waals surface area contributed by atoms with Crippen molar-refractivity contribution in [1.82, 2.24) is 15.2 Å². The van der Waals surface area contributed by atoms with Gasteiger partial charge in [-0.05, 0) is 50.2 Å². The molecule has 5 nitrogen and oxygen atoms in total. The molecule has 2 heterocycles. The third-order valence-corrected chi connectivity index (χ3v) is 4.08. The first kappa shape index (κ1) is 21.2. The van der Waals surface area contributed by atoms with Crippen LogP contribution in [0.5, 0.6) is 11.5 Å². The number of rotatable bonds is 4. The predicted octanol–water partition coefficient (Wildman–Crippen LogP) is 3.54. The fourth-order valence-corrected chi connectivity index (χ4v) is 2.81. The van der Waals surface area contributed by atoms with Crippen molar-refractivity contribution < 1.29 is 9.53 Å². The number of nitrogens with one attached hydrogen (secondary N) is 1. The summed E-state index contributed by atoms with van der Waals surface area (Å²) in [5, 5.41) is 3.26. The minimum absolute atomic E-state index is 0. The van der Waals surface area contributed by atoms with Crippen LogP contribution < -0.4 is 10.1 Å². The fourth-order valence-electron chi connectivity index (χ4n) is 2.81. The molecule has 0 spiro atoms. The summed E-state index contributed by atoms with van der Waals surface area (Å²) in [6.07, 6.45) is 5.50. The second-order valence-corrected chi connectivity index (χ2v) is 5.69. The van der Waals surface area contributed by atoms with Crippen LogP contribution >= 0.6 is 24.8 Å². The molecule has 1 atom stereocenters. The van der Waals surface area contributed by atoms with Crippen LogP contribution in [0, 0.1) is 0 Å². The average Bonchev–Trinajstić information content (AvgIpc) is 2.62. The van der Waals surface area contributed by atoms with Crippen molar-refractivity contribution >= 4 is 30.7 Å². The monoisotopic (exact) mass is 383 g/mol. The van der Waals surface area contributed by atoms with Gasteiger partial charge in [0.05, 0.1) is 0 Å². The molecule has 0 aliphatic carbocycles. The maximum absolute atomic E-state index is 12.7.